The molecule has 2 aromatic rings. The van der Waals surface area contributed by atoms with E-state index in [1.165, 1.54) is 35.4 Å². The molecule has 0 fully saturated rings. The van der Waals surface area contributed by atoms with Crippen LogP contribution in [0.5, 0.6) is 5.75 Å². The van der Waals surface area contributed by atoms with Crippen LogP contribution in [-0.2, 0) is 17.6 Å². The Balaban J connectivity index is 1.70. The summed E-state index contributed by atoms with van der Waals surface area (Å²) in [6.07, 6.45) is 2.34. The van der Waals surface area contributed by atoms with Crippen LogP contribution in [0.3, 0.4) is 0 Å². The number of ether oxygens (including phenoxy) is 1. The van der Waals surface area contributed by atoms with Gasteiger partial charge in [-0.2, -0.15) is 0 Å². The largest absolute Gasteiger partial charge is 0.508 e. The van der Waals surface area contributed by atoms with Gasteiger partial charge in [0.25, 0.3) is 0 Å². The van der Waals surface area contributed by atoms with Crippen molar-refractivity contribution in [3.63, 3.8) is 0 Å². The van der Waals surface area contributed by atoms with Gasteiger partial charge >= 0.3 is 5.97 Å². The van der Waals surface area contributed by atoms with Crippen molar-refractivity contribution in [2.75, 3.05) is 0 Å². The number of carbonyl (C=O) groups excluding carboxylic acids is 2. The number of carbonyl (C=O) groups is 2. The Hall–Kier alpha value is -2.62. The molecule has 0 radical (unpaired) electrons. The van der Waals surface area contributed by atoms with E-state index in [1.54, 1.807) is 13.0 Å². The van der Waals surface area contributed by atoms with Gasteiger partial charge in [0.05, 0.1) is 5.56 Å². The lowest BCUT2D eigenvalue weighted by Crippen LogP contribution is -2.24. The molecule has 1 aliphatic rings. The molecule has 0 aromatic heterocycles. The maximum absolute atomic E-state index is 12.4. The zero-order valence-electron chi connectivity index (χ0n) is 12.9. The molecule has 23 heavy (non-hydrogen) atoms. The molecule has 0 bridgehead atoms. The number of aryl methyl sites for hydroxylation is 2. The summed E-state index contributed by atoms with van der Waals surface area (Å²) in [5.74, 6) is -0.706. The number of phenols is 1. The molecule has 1 N–H and O–H groups in total. The maximum Gasteiger partial charge on any atom is 0.338 e. The maximum atomic E-state index is 12.4. The molecule has 4 nitrogen and oxygen atoms in total. The molecule has 1 atom stereocenters. The van der Waals surface area contributed by atoms with Gasteiger partial charge in [0.15, 0.2) is 6.10 Å². The number of rotatable bonds is 4. The number of aromatic hydroxyl groups is 1. The second-order valence-corrected chi connectivity index (χ2v) is 5.80. The van der Waals surface area contributed by atoms with Crippen molar-refractivity contribution in [1.29, 1.82) is 0 Å². The third-order valence-corrected chi connectivity index (χ3v) is 4.14. The molecule has 1 unspecified atom stereocenters. The molecular formula is C19H18O4. The van der Waals surface area contributed by atoms with E-state index < -0.39 is 12.1 Å². The molecule has 0 spiro atoms. The molecule has 4 heteroatoms. The van der Waals surface area contributed by atoms with Gasteiger partial charge in [-0.05, 0) is 67.6 Å². The topological polar surface area (TPSA) is 63.6 Å². The minimum atomic E-state index is -0.851. The van der Waals surface area contributed by atoms with Gasteiger partial charge in [-0.1, -0.05) is 12.1 Å². The van der Waals surface area contributed by atoms with E-state index >= 15 is 0 Å². The monoisotopic (exact) mass is 310 g/mol. The predicted molar refractivity (Wildman–Crippen MR) is 85.8 cm³/mol. The molecule has 0 heterocycles. The molecule has 0 saturated heterocycles. The van der Waals surface area contributed by atoms with Crippen LogP contribution in [0.1, 0.15) is 45.2 Å². The van der Waals surface area contributed by atoms with Crippen molar-refractivity contribution in [2.24, 2.45) is 0 Å². The molecule has 0 saturated carbocycles. The number of benzene rings is 2. The standard InChI is InChI=1S/C19H18O4/c1-12(23-19(22)14-7-9-17(20)10-8-14)18(21)16-6-5-13-3-2-4-15(13)11-16/h5-12,20H,2-4H2,1H3. The molecule has 0 aliphatic heterocycles. The second-order valence-electron chi connectivity index (χ2n) is 5.80. The van der Waals surface area contributed by atoms with Crippen molar-refractivity contribution < 1.29 is 19.4 Å². The van der Waals surface area contributed by atoms with Crippen LogP contribution in [-0.4, -0.2) is 23.0 Å². The first-order chi connectivity index (χ1) is 11.0. The van der Waals surface area contributed by atoms with Crippen molar-refractivity contribution in [3.05, 3.63) is 64.7 Å². The van der Waals surface area contributed by atoms with Crippen LogP contribution in [0.25, 0.3) is 0 Å². The van der Waals surface area contributed by atoms with Crippen LogP contribution >= 0.6 is 0 Å². The normalized spacial score (nSPS) is 14.1. The zero-order valence-corrected chi connectivity index (χ0v) is 12.9. The van der Waals surface area contributed by atoms with Gasteiger partial charge in [-0.15, -0.1) is 0 Å². The quantitative estimate of drug-likeness (QED) is 0.695. The van der Waals surface area contributed by atoms with E-state index in [0.717, 1.165) is 19.3 Å². The van der Waals surface area contributed by atoms with E-state index in [0.29, 0.717) is 11.1 Å². The molecular weight excluding hydrogens is 292 g/mol. The first-order valence-corrected chi connectivity index (χ1v) is 7.70. The average molecular weight is 310 g/mol. The Kier molecular flexibility index (Phi) is 4.15. The summed E-state index contributed by atoms with van der Waals surface area (Å²) < 4.78 is 5.24. The van der Waals surface area contributed by atoms with E-state index in [9.17, 15) is 14.7 Å². The fourth-order valence-corrected chi connectivity index (χ4v) is 2.84. The third-order valence-electron chi connectivity index (χ3n) is 4.14. The summed E-state index contributed by atoms with van der Waals surface area (Å²) in [5.41, 5.74) is 3.40. The van der Waals surface area contributed by atoms with Crippen LogP contribution < -0.4 is 0 Å². The van der Waals surface area contributed by atoms with E-state index in [1.807, 2.05) is 12.1 Å². The highest BCUT2D eigenvalue weighted by atomic mass is 16.5. The predicted octanol–water partition coefficient (Wildman–Crippen LogP) is 3.31. The van der Waals surface area contributed by atoms with Crippen LogP contribution in [0.2, 0.25) is 0 Å². The zero-order chi connectivity index (χ0) is 16.4. The SMILES string of the molecule is CC(OC(=O)c1ccc(O)cc1)C(=O)c1ccc2c(c1)CCC2. The lowest BCUT2D eigenvalue weighted by atomic mass is 10.0. The highest BCUT2D eigenvalue weighted by Gasteiger charge is 2.22. The van der Waals surface area contributed by atoms with Gasteiger partial charge in [0, 0.05) is 5.56 Å². The number of esters is 1. The third kappa shape index (κ3) is 3.26. The average Bonchev–Trinajstić information content (AvgIpc) is 3.02. The van der Waals surface area contributed by atoms with Crippen LogP contribution in [0, 0.1) is 0 Å². The number of phenolic OH excluding ortho intramolecular Hbond substituents is 1. The number of hydrogen-bond acceptors (Lipinski definition) is 4. The summed E-state index contributed by atoms with van der Waals surface area (Å²) in [7, 11) is 0. The van der Waals surface area contributed by atoms with Gasteiger partial charge < -0.3 is 9.84 Å². The summed E-state index contributed by atoms with van der Waals surface area (Å²) in [6, 6.07) is 11.4. The number of hydrogen-bond donors (Lipinski definition) is 1. The van der Waals surface area contributed by atoms with Gasteiger partial charge in [-0.3, -0.25) is 4.79 Å². The summed E-state index contributed by atoms with van der Waals surface area (Å²) in [4.78, 5) is 24.5. The summed E-state index contributed by atoms with van der Waals surface area (Å²) >= 11 is 0. The minimum Gasteiger partial charge on any atom is -0.508 e. The molecule has 1 aliphatic carbocycles. The van der Waals surface area contributed by atoms with Gasteiger partial charge in [0.1, 0.15) is 5.75 Å². The second kappa shape index (κ2) is 6.24. The number of Topliss-reactive ketones (excluding diaryl/α,β-unsaturated/α-hetero) is 1. The minimum absolute atomic E-state index is 0.0730. The fraction of sp³-hybridized carbons (Fsp3) is 0.263. The lowest BCUT2D eigenvalue weighted by molar-refractivity contribution is 0.0319. The lowest BCUT2D eigenvalue weighted by Gasteiger charge is -2.13. The smallest absolute Gasteiger partial charge is 0.338 e. The Morgan fingerprint density at radius 3 is 2.39 bits per heavy atom. The number of fused-ring (bicyclic) bond motifs is 1. The van der Waals surface area contributed by atoms with Gasteiger partial charge in [0.2, 0.25) is 5.78 Å². The first-order valence-electron chi connectivity index (χ1n) is 7.70. The molecule has 3 rings (SSSR count). The molecule has 0 amide bonds. The van der Waals surface area contributed by atoms with E-state index in [4.69, 9.17) is 4.74 Å². The van der Waals surface area contributed by atoms with E-state index in [-0.39, 0.29) is 11.5 Å². The fourth-order valence-electron chi connectivity index (χ4n) is 2.84. The van der Waals surface area contributed by atoms with Gasteiger partial charge in [-0.25, -0.2) is 4.79 Å². The Bertz CT molecular complexity index is 746. The highest BCUT2D eigenvalue weighted by molar-refractivity contribution is 6.01. The Morgan fingerprint density at radius 2 is 1.65 bits per heavy atom. The van der Waals surface area contributed by atoms with Crippen molar-refractivity contribution in [2.45, 2.75) is 32.3 Å². The van der Waals surface area contributed by atoms with Crippen molar-refractivity contribution in [1.82, 2.24) is 0 Å². The highest BCUT2D eigenvalue weighted by Crippen LogP contribution is 2.23. The Morgan fingerprint density at radius 1 is 1.00 bits per heavy atom. The Labute approximate surface area is 134 Å². The van der Waals surface area contributed by atoms with E-state index in [2.05, 4.69) is 0 Å². The van der Waals surface area contributed by atoms with Crippen molar-refractivity contribution in [3.8, 4) is 5.75 Å². The first kappa shape index (κ1) is 15.3. The molecule has 2 aromatic carbocycles. The number of ketones is 1. The van der Waals surface area contributed by atoms with Crippen LogP contribution in [0.4, 0.5) is 0 Å². The van der Waals surface area contributed by atoms with Crippen LogP contribution in [0.15, 0.2) is 42.5 Å². The van der Waals surface area contributed by atoms with Crippen molar-refractivity contribution >= 4 is 11.8 Å². The summed E-state index contributed by atoms with van der Waals surface area (Å²) in [5, 5.41) is 9.23. The molecule has 118 valence electrons. The summed E-state index contributed by atoms with van der Waals surface area (Å²) in [6.45, 7) is 1.58.